The Hall–Kier alpha value is -2.45. The van der Waals surface area contributed by atoms with Crippen LogP contribution in [0.4, 0.5) is 0 Å². The first-order chi connectivity index (χ1) is 17.0. The Kier molecular flexibility index (Phi) is 6.19. The molecule has 1 saturated heterocycles. The highest BCUT2D eigenvalue weighted by Gasteiger charge is 2.74. The summed E-state index contributed by atoms with van der Waals surface area (Å²) < 4.78 is 28.7. The van der Waals surface area contributed by atoms with Crippen LogP contribution in [-0.2, 0) is 15.5 Å². The van der Waals surface area contributed by atoms with Crippen LogP contribution >= 0.6 is 7.52 Å². The molecule has 1 unspecified atom stereocenters. The Bertz CT molecular complexity index is 1240. The van der Waals surface area contributed by atoms with E-state index in [0.717, 1.165) is 18.4 Å². The summed E-state index contributed by atoms with van der Waals surface area (Å²) in [5.74, 6) is 0.408. The topological polar surface area (TPSA) is 79.6 Å². The van der Waals surface area contributed by atoms with Gasteiger partial charge in [-0.3, -0.25) is 4.57 Å². The lowest BCUT2D eigenvalue weighted by molar-refractivity contribution is 0.0356. The number of rotatable bonds is 6. The fraction of sp³-hybridized carbons (Fsp3) is 0.517. The van der Waals surface area contributed by atoms with Crippen LogP contribution in [0, 0.1) is 28.1 Å². The number of hydrogen-bond acceptors (Lipinski definition) is 5. The van der Waals surface area contributed by atoms with Crippen molar-refractivity contribution in [1.82, 2.24) is 4.67 Å². The molecule has 6 nitrogen and oxygen atoms in total. The number of nitrogens with zero attached hydrogens (tertiary/aromatic N) is 2. The summed E-state index contributed by atoms with van der Waals surface area (Å²) in [5, 5.41) is 10.2. The molecule has 5 rings (SSSR count). The van der Waals surface area contributed by atoms with E-state index in [9.17, 15) is 14.6 Å². The van der Waals surface area contributed by atoms with Crippen LogP contribution in [0.5, 0.6) is 5.75 Å². The highest BCUT2D eigenvalue weighted by Crippen LogP contribution is 2.77. The summed E-state index contributed by atoms with van der Waals surface area (Å²) >= 11 is 0. The zero-order valence-electron chi connectivity index (χ0n) is 21.7. The van der Waals surface area contributed by atoms with Crippen LogP contribution in [0.2, 0.25) is 0 Å². The first kappa shape index (κ1) is 25.2. The smallest absolute Gasteiger partial charge is 0.343 e. The summed E-state index contributed by atoms with van der Waals surface area (Å²) in [6.07, 6.45) is 2.37. The Labute approximate surface area is 214 Å². The number of esters is 1. The number of hydrogen-bond donors (Lipinski definition) is 0. The zero-order chi connectivity index (χ0) is 25.9. The lowest BCUT2D eigenvalue weighted by Crippen LogP contribution is -2.44. The molecular weight excluding hydrogens is 471 g/mol. The van der Waals surface area contributed by atoms with Crippen molar-refractivity contribution in [1.29, 1.82) is 5.26 Å². The zero-order valence-corrected chi connectivity index (χ0v) is 22.6. The van der Waals surface area contributed by atoms with Crippen LogP contribution in [-0.4, -0.2) is 34.5 Å². The molecule has 0 N–H and O–H groups in total. The summed E-state index contributed by atoms with van der Waals surface area (Å²) in [6, 6.07) is 18.4. The molecule has 0 amide bonds. The minimum Gasteiger partial charge on any atom is -0.423 e. The molecule has 0 spiro atoms. The normalized spacial score (nSPS) is 33.3. The highest BCUT2D eigenvalue weighted by atomic mass is 31.2. The summed E-state index contributed by atoms with van der Waals surface area (Å²) in [4.78, 5) is 12.3. The van der Waals surface area contributed by atoms with E-state index in [0.29, 0.717) is 23.7 Å². The van der Waals surface area contributed by atoms with Gasteiger partial charge in [-0.1, -0.05) is 51.1 Å². The molecule has 1 heterocycles. The average Bonchev–Trinajstić information content (AvgIpc) is 3.35. The van der Waals surface area contributed by atoms with Crippen LogP contribution in [0.15, 0.2) is 54.6 Å². The van der Waals surface area contributed by atoms with E-state index in [1.165, 1.54) is 0 Å². The van der Waals surface area contributed by atoms with E-state index in [2.05, 4.69) is 45.4 Å². The monoisotopic (exact) mass is 506 g/mol. The third-order valence-electron chi connectivity index (χ3n) is 9.26. The molecule has 6 atom stereocenters. The number of carbonyl (C=O) groups is 1. The fourth-order valence-corrected chi connectivity index (χ4v) is 10.1. The van der Waals surface area contributed by atoms with Crippen molar-refractivity contribution in [2.75, 3.05) is 0 Å². The summed E-state index contributed by atoms with van der Waals surface area (Å²) in [6.45, 7) is 11.0. The van der Waals surface area contributed by atoms with E-state index in [4.69, 9.17) is 9.26 Å². The lowest BCUT2D eigenvalue weighted by Gasteiger charge is -2.39. The Balaban J connectivity index is 1.36. The minimum absolute atomic E-state index is 0.0141. The maximum absolute atomic E-state index is 14.6. The SMILES string of the molecule is CC(C)N1[C@@H]2[C@H]3CC[C@@](C)([C@@H]2OP1(=O)[C@H](C#N)Cc1ccc(OC(=O)c2ccccc2)cc1)C3(C)C. The van der Waals surface area contributed by atoms with Crippen molar-refractivity contribution in [2.24, 2.45) is 16.7 Å². The number of carbonyl (C=O) groups excluding carboxylic acids is 1. The van der Waals surface area contributed by atoms with Gasteiger partial charge in [0, 0.05) is 17.5 Å². The standard InChI is InChI=1S/C29H35N2O4P/c1-19(2)31-25-24-15-16-29(5,28(24,3)4)26(25)35-36(31,33)23(18-30)17-20-11-13-22(14-12-20)34-27(32)21-9-7-6-8-10-21/h6-14,19,23-26H,15-17H2,1-5H3/t23-,24+,25+,26+,29-,36?/m0/s1. The van der Waals surface area contributed by atoms with Crippen molar-refractivity contribution in [2.45, 2.75) is 77.7 Å². The van der Waals surface area contributed by atoms with Gasteiger partial charge in [0.15, 0.2) is 0 Å². The Morgan fingerprint density at radius 3 is 2.44 bits per heavy atom. The van der Waals surface area contributed by atoms with Crippen molar-refractivity contribution < 1.29 is 18.6 Å². The molecule has 3 aliphatic rings. The van der Waals surface area contributed by atoms with Crippen molar-refractivity contribution in [3.63, 3.8) is 0 Å². The maximum Gasteiger partial charge on any atom is 0.343 e. The quantitative estimate of drug-likeness (QED) is 0.254. The van der Waals surface area contributed by atoms with E-state index >= 15 is 0 Å². The van der Waals surface area contributed by atoms with Crippen molar-refractivity contribution >= 4 is 13.5 Å². The van der Waals surface area contributed by atoms with E-state index in [1.54, 1.807) is 36.4 Å². The van der Waals surface area contributed by atoms with Gasteiger partial charge in [-0.25, -0.2) is 9.46 Å². The molecule has 0 radical (unpaired) electrons. The fourth-order valence-electron chi connectivity index (χ4n) is 6.95. The molecular formula is C29H35N2O4P. The molecule has 0 aromatic heterocycles. The van der Waals surface area contributed by atoms with Gasteiger partial charge in [-0.05, 0) is 74.3 Å². The van der Waals surface area contributed by atoms with Crippen LogP contribution in [0.3, 0.4) is 0 Å². The Morgan fingerprint density at radius 1 is 1.17 bits per heavy atom. The van der Waals surface area contributed by atoms with Gasteiger partial charge in [-0.2, -0.15) is 5.26 Å². The van der Waals surface area contributed by atoms with Crippen LogP contribution in [0.25, 0.3) is 0 Å². The van der Waals surface area contributed by atoms with Crippen LogP contribution < -0.4 is 4.74 Å². The molecule has 3 fully saturated rings. The van der Waals surface area contributed by atoms with Gasteiger partial charge in [0.1, 0.15) is 11.4 Å². The van der Waals surface area contributed by atoms with Gasteiger partial charge < -0.3 is 9.26 Å². The Morgan fingerprint density at radius 2 is 1.83 bits per heavy atom. The third-order valence-corrected chi connectivity index (χ3v) is 12.2. The minimum atomic E-state index is -3.41. The molecule has 2 bridgehead atoms. The first-order valence-electron chi connectivity index (χ1n) is 12.9. The van der Waals surface area contributed by atoms with Crippen molar-refractivity contribution in [3.8, 4) is 11.8 Å². The molecule has 2 saturated carbocycles. The second-order valence-corrected chi connectivity index (χ2v) is 14.0. The third kappa shape index (κ3) is 3.67. The first-order valence-corrected chi connectivity index (χ1v) is 14.5. The van der Waals surface area contributed by atoms with E-state index in [1.807, 2.05) is 18.2 Å². The van der Waals surface area contributed by atoms with Gasteiger partial charge in [-0.15, -0.1) is 0 Å². The molecule has 7 heteroatoms. The van der Waals surface area contributed by atoms with E-state index < -0.39 is 19.1 Å². The molecule has 2 aromatic rings. The number of ether oxygens (including phenoxy) is 1. The van der Waals surface area contributed by atoms with Crippen LogP contribution in [0.1, 0.15) is 63.4 Å². The predicted molar refractivity (Wildman–Crippen MR) is 139 cm³/mol. The molecule has 190 valence electrons. The maximum atomic E-state index is 14.6. The van der Waals surface area contributed by atoms with Gasteiger partial charge in [0.25, 0.3) is 7.52 Å². The molecule has 2 aliphatic carbocycles. The summed E-state index contributed by atoms with van der Waals surface area (Å²) in [7, 11) is -3.41. The lowest BCUT2D eigenvalue weighted by atomic mass is 9.70. The molecule has 2 aromatic carbocycles. The largest absolute Gasteiger partial charge is 0.423 e. The highest BCUT2D eigenvalue weighted by molar-refractivity contribution is 7.58. The van der Waals surface area contributed by atoms with Crippen molar-refractivity contribution in [3.05, 3.63) is 65.7 Å². The second-order valence-electron chi connectivity index (χ2n) is 11.6. The number of nitriles is 1. The van der Waals surface area contributed by atoms with E-state index in [-0.39, 0.29) is 29.0 Å². The summed E-state index contributed by atoms with van der Waals surface area (Å²) in [5.41, 5.74) is 0.624. The molecule has 36 heavy (non-hydrogen) atoms. The number of benzene rings is 2. The second kappa shape index (κ2) is 8.84. The predicted octanol–water partition coefficient (Wildman–Crippen LogP) is 6.47. The van der Waals surface area contributed by atoms with Gasteiger partial charge >= 0.3 is 5.97 Å². The average molecular weight is 507 g/mol. The van der Waals surface area contributed by atoms with Gasteiger partial charge in [0.2, 0.25) is 0 Å². The van der Waals surface area contributed by atoms with Gasteiger partial charge in [0.05, 0.1) is 17.7 Å². The number of fused-ring (bicyclic) bond motifs is 5. The molecule has 1 aliphatic heterocycles.